The molecule has 0 radical (unpaired) electrons. The third-order valence-corrected chi connectivity index (χ3v) is 6.78. The zero-order chi connectivity index (χ0) is 15.5. The highest BCUT2D eigenvalue weighted by Crippen LogP contribution is 2.36. The average molecular weight is 310 g/mol. The van der Waals surface area contributed by atoms with Crippen LogP contribution >= 0.6 is 0 Å². The van der Waals surface area contributed by atoms with Gasteiger partial charge in [-0.3, -0.25) is 0 Å². The van der Waals surface area contributed by atoms with Crippen LogP contribution in [0.15, 0.2) is 30.3 Å². The van der Waals surface area contributed by atoms with E-state index in [0.29, 0.717) is 12.5 Å². The lowest BCUT2D eigenvalue weighted by molar-refractivity contribution is 0.135. The Hall–Kier alpha value is -0.910. The van der Waals surface area contributed by atoms with E-state index >= 15 is 0 Å². The van der Waals surface area contributed by atoms with Crippen LogP contribution in [0.5, 0.6) is 0 Å². The average Bonchev–Trinajstić information content (AvgIpc) is 2.48. The molecular weight excluding hydrogens is 284 g/mol. The monoisotopic (exact) mass is 310 g/mol. The number of nitrogens with two attached hydrogens (primary N) is 1. The molecule has 21 heavy (non-hydrogen) atoms. The lowest BCUT2D eigenvalue weighted by Crippen LogP contribution is -2.56. The predicted octanol–water partition coefficient (Wildman–Crippen LogP) is 2.36. The quantitative estimate of drug-likeness (QED) is 0.908. The Kier molecular flexibility index (Phi) is 5.07. The molecule has 0 bridgehead atoms. The molecule has 2 N–H and O–H groups in total. The van der Waals surface area contributed by atoms with E-state index in [1.165, 1.54) is 0 Å². The molecule has 1 saturated carbocycles. The van der Waals surface area contributed by atoms with Gasteiger partial charge >= 0.3 is 0 Å². The topological polar surface area (TPSA) is 63.4 Å². The second-order valence-electron chi connectivity index (χ2n) is 6.32. The van der Waals surface area contributed by atoms with Crippen molar-refractivity contribution in [2.75, 3.05) is 13.6 Å². The van der Waals surface area contributed by atoms with Crippen molar-refractivity contribution in [2.45, 2.75) is 43.9 Å². The Morgan fingerprint density at radius 1 is 1.24 bits per heavy atom. The summed E-state index contributed by atoms with van der Waals surface area (Å²) < 4.78 is 27.0. The first kappa shape index (κ1) is 16.5. The molecule has 1 aliphatic carbocycles. The number of nitrogens with zero attached hydrogens (tertiary/aromatic N) is 1. The van der Waals surface area contributed by atoms with Crippen LogP contribution in [0.2, 0.25) is 0 Å². The van der Waals surface area contributed by atoms with Gasteiger partial charge in [-0.05, 0) is 37.2 Å². The van der Waals surface area contributed by atoms with Crippen molar-refractivity contribution in [2.24, 2.45) is 11.7 Å². The molecule has 1 aromatic carbocycles. The Balaban J connectivity index is 2.18. The SMILES string of the molecule is CC1CCC(CN)(N(C)S(=O)(=O)Cc2ccccc2)CC1. The summed E-state index contributed by atoms with van der Waals surface area (Å²) >= 11 is 0. The molecule has 0 saturated heterocycles. The minimum atomic E-state index is -3.35. The highest BCUT2D eigenvalue weighted by Gasteiger charge is 2.41. The van der Waals surface area contributed by atoms with Crippen molar-refractivity contribution in [3.8, 4) is 0 Å². The molecule has 0 aromatic heterocycles. The van der Waals surface area contributed by atoms with E-state index in [1.807, 2.05) is 30.3 Å². The van der Waals surface area contributed by atoms with Crippen molar-refractivity contribution in [3.05, 3.63) is 35.9 Å². The number of rotatable bonds is 5. The van der Waals surface area contributed by atoms with E-state index in [1.54, 1.807) is 11.4 Å². The normalized spacial score (nSPS) is 27.0. The Morgan fingerprint density at radius 2 is 1.81 bits per heavy atom. The third kappa shape index (κ3) is 3.65. The van der Waals surface area contributed by atoms with E-state index in [-0.39, 0.29) is 5.75 Å². The summed E-state index contributed by atoms with van der Waals surface area (Å²) in [5, 5.41) is 0. The van der Waals surface area contributed by atoms with Gasteiger partial charge in [-0.15, -0.1) is 0 Å². The molecule has 1 aromatic rings. The van der Waals surface area contributed by atoms with E-state index < -0.39 is 15.6 Å². The standard InChI is InChI=1S/C16H26N2O2S/c1-14-8-10-16(13-17,11-9-14)18(2)21(19,20)12-15-6-4-3-5-7-15/h3-7,14H,8-13,17H2,1-2H3. The summed E-state index contributed by atoms with van der Waals surface area (Å²) in [6.45, 7) is 2.61. The molecule has 0 aliphatic heterocycles. The molecule has 4 nitrogen and oxygen atoms in total. The van der Waals surface area contributed by atoms with Crippen LogP contribution in [0.1, 0.15) is 38.2 Å². The zero-order valence-electron chi connectivity index (χ0n) is 13.0. The van der Waals surface area contributed by atoms with Gasteiger partial charge < -0.3 is 5.73 Å². The molecular formula is C16H26N2O2S. The van der Waals surface area contributed by atoms with Crippen LogP contribution in [-0.2, 0) is 15.8 Å². The predicted molar refractivity (Wildman–Crippen MR) is 86.2 cm³/mol. The third-order valence-electron chi connectivity index (χ3n) is 4.86. The van der Waals surface area contributed by atoms with Gasteiger partial charge in [-0.1, -0.05) is 37.3 Å². The van der Waals surface area contributed by atoms with Gasteiger partial charge in [0.2, 0.25) is 10.0 Å². The summed E-state index contributed by atoms with van der Waals surface area (Å²) in [6.07, 6.45) is 3.80. The van der Waals surface area contributed by atoms with Gasteiger partial charge in [0.1, 0.15) is 0 Å². The highest BCUT2D eigenvalue weighted by molar-refractivity contribution is 7.88. The number of benzene rings is 1. The number of sulfonamides is 1. The molecule has 5 heteroatoms. The smallest absolute Gasteiger partial charge is 0.218 e. The molecule has 1 fully saturated rings. The van der Waals surface area contributed by atoms with E-state index in [2.05, 4.69) is 6.92 Å². The number of hydrogen-bond donors (Lipinski definition) is 1. The lowest BCUT2D eigenvalue weighted by Gasteiger charge is -2.44. The van der Waals surface area contributed by atoms with Gasteiger partial charge in [0.25, 0.3) is 0 Å². The fraction of sp³-hybridized carbons (Fsp3) is 0.625. The van der Waals surface area contributed by atoms with Crippen molar-refractivity contribution in [1.29, 1.82) is 0 Å². The van der Waals surface area contributed by atoms with Gasteiger partial charge in [0.15, 0.2) is 0 Å². The van der Waals surface area contributed by atoms with Gasteiger partial charge in [0.05, 0.1) is 5.75 Å². The maximum absolute atomic E-state index is 12.7. The van der Waals surface area contributed by atoms with E-state index in [9.17, 15) is 8.42 Å². The molecule has 0 atom stereocenters. The van der Waals surface area contributed by atoms with E-state index in [0.717, 1.165) is 31.2 Å². The van der Waals surface area contributed by atoms with E-state index in [4.69, 9.17) is 5.73 Å². The van der Waals surface area contributed by atoms with Crippen LogP contribution in [-0.4, -0.2) is 31.9 Å². The molecule has 1 aliphatic rings. The fourth-order valence-electron chi connectivity index (χ4n) is 3.12. The van der Waals surface area contributed by atoms with Gasteiger partial charge in [0, 0.05) is 19.1 Å². The fourth-order valence-corrected chi connectivity index (χ4v) is 4.78. The number of likely N-dealkylation sites (N-methyl/N-ethyl adjacent to an activating group) is 1. The molecule has 0 unspecified atom stereocenters. The first-order valence-corrected chi connectivity index (χ1v) is 9.21. The second kappa shape index (κ2) is 6.46. The first-order chi connectivity index (χ1) is 9.89. The van der Waals surface area contributed by atoms with Gasteiger partial charge in [-0.2, -0.15) is 4.31 Å². The van der Waals surface area contributed by atoms with Crippen molar-refractivity contribution in [1.82, 2.24) is 4.31 Å². The molecule has 0 amide bonds. The minimum absolute atomic E-state index is 0.0433. The lowest BCUT2D eigenvalue weighted by atomic mass is 9.77. The second-order valence-corrected chi connectivity index (χ2v) is 8.32. The molecule has 0 heterocycles. The van der Waals surface area contributed by atoms with Crippen molar-refractivity contribution < 1.29 is 8.42 Å². The summed E-state index contributed by atoms with van der Waals surface area (Å²) in [5.74, 6) is 0.705. The summed E-state index contributed by atoms with van der Waals surface area (Å²) in [5.41, 5.74) is 6.39. The highest BCUT2D eigenvalue weighted by atomic mass is 32.2. The summed E-state index contributed by atoms with van der Waals surface area (Å²) in [7, 11) is -1.65. The maximum Gasteiger partial charge on any atom is 0.218 e. The molecule has 118 valence electrons. The minimum Gasteiger partial charge on any atom is -0.329 e. The summed E-state index contributed by atoms with van der Waals surface area (Å²) in [6, 6.07) is 9.33. The van der Waals surface area contributed by atoms with Crippen LogP contribution in [0.4, 0.5) is 0 Å². The van der Waals surface area contributed by atoms with Crippen LogP contribution < -0.4 is 5.73 Å². The van der Waals surface area contributed by atoms with Crippen LogP contribution in [0.3, 0.4) is 0 Å². The maximum atomic E-state index is 12.7. The Labute approximate surface area is 128 Å². The number of hydrogen-bond acceptors (Lipinski definition) is 3. The van der Waals surface area contributed by atoms with Crippen LogP contribution in [0.25, 0.3) is 0 Å². The van der Waals surface area contributed by atoms with Crippen molar-refractivity contribution in [3.63, 3.8) is 0 Å². The molecule has 0 spiro atoms. The molecule has 2 rings (SSSR count). The first-order valence-electron chi connectivity index (χ1n) is 7.60. The van der Waals surface area contributed by atoms with Crippen molar-refractivity contribution >= 4 is 10.0 Å². The zero-order valence-corrected chi connectivity index (χ0v) is 13.8. The largest absolute Gasteiger partial charge is 0.329 e. The summed E-state index contributed by atoms with van der Waals surface area (Å²) in [4.78, 5) is 0. The Bertz CT molecular complexity index is 549. The Morgan fingerprint density at radius 3 is 2.33 bits per heavy atom. The van der Waals surface area contributed by atoms with Crippen LogP contribution in [0, 0.1) is 5.92 Å². The van der Waals surface area contributed by atoms with Gasteiger partial charge in [-0.25, -0.2) is 8.42 Å².